The van der Waals surface area contributed by atoms with Gasteiger partial charge in [-0.2, -0.15) is 0 Å². The summed E-state index contributed by atoms with van der Waals surface area (Å²) in [6, 6.07) is 20.1. The molecule has 1 saturated heterocycles. The average molecular weight is 441 g/mol. The van der Waals surface area contributed by atoms with Gasteiger partial charge in [0.2, 0.25) is 0 Å². The molecule has 1 atom stereocenters. The first-order chi connectivity index (χ1) is 15.5. The molecule has 0 aromatic heterocycles. The summed E-state index contributed by atoms with van der Waals surface area (Å²) in [5.41, 5.74) is 4.50. The number of hydrogen-bond acceptors (Lipinski definition) is 5. The van der Waals surface area contributed by atoms with E-state index in [1.54, 1.807) is 0 Å². The number of aliphatic carboxylic acids is 2. The molecule has 32 heavy (non-hydrogen) atoms. The van der Waals surface area contributed by atoms with Crippen LogP contribution < -0.4 is 4.90 Å². The second kappa shape index (κ2) is 11.1. The van der Waals surface area contributed by atoms with Gasteiger partial charge in [-0.1, -0.05) is 55.5 Å². The molecule has 0 radical (unpaired) electrons. The Morgan fingerprint density at radius 1 is 0.938 bits per heavy atom. The molecule has 172 valence electrons. The summed E-state index contributed by atoms with van der Waals surface area (Å²) in [4.78, 5) is 23.4. The summed E-state index contributed by atoms with van der Waals surface area (Å²) in [5.74, 6) is -3.65. The molecule has 0 amide bonds. The van der Waals surface area contributed by atoms with E-state index in [0.29, 0.717) is 0 Å². The van der Waals surface area contributed by atoms with Crippen molar-refractivity contribution in [1.82, 2.24) is 4.90 Å². The summed E-state index contributed by atoms with van der Waals surface area (Å²) >= 11 is 0. The maximum absolute atomic E-state index is 9.10. The number of para-hydroxylation sites is 1. The summed E-state index contributed by atoms with van der Waals surface area (Å²) in [6.45, 7) is 9.67. The first kappa shape index (κ1) is 23.8. The highest BCUT2D eigenvalue weighted by molar-refractivity contribution is 6.27. The number of ether oxygens (including phenoxy) is 1. The van der Waals surface area contributed by atoms with Gasteiger partial charge in [0, 0.05) is 43.8 Å². The summed E-state index contributed by atoms with van der Waals surface area (Å²) in [7, 11) is 0. The molecule has 2 aromatic carbocycles. The fourth-order valence-electron chi connectivity index (χ4n) is 4.67. The number of benzene rings is 2. The quantitative estimate of drug-likeness (QED) is 0.667. The minimum atomic E-state index is -1.82. The zero-order valence-electron chi connectivity index (χ0n) is 18.6. The SMILES string of the molecule is CCC1(c2ccccc2)CN(CCCN2CCOCC2)c2ccccc21.O=C(O)C(=O)O. The molecule has 2 aliphatic heterocycles. The lowest BCUT2D eigenvalue weighted by Crippen LogP contribution is -2.39. The summed E-state index contributed by atoms with van der Waals surface area (Å²) in [6.07, 6.45) is 2.34. The van der Waals surface area contributed by atoms with Gasteiger partial charge in [-0.3, -0.25) is 4.90 Å². The number of nitrogens with zero attached hydrogens (tertiary/aromatic N) is 2. The van der Waals surface area contributed by atoms with Gasteiger partial charge in [-0.05, 0) is 30.0 Å². The van der Waals surface area contributed by atoms with E-state index >= 15 is 0 Å². The maximum Gasteiger partial charge on any atom is 0.414 e. The predicted octanol–water partition coefficient (Wildman–Crippen LogP) is 3.08. The van der Waals surface area contributed by atoms with Gasteiger partial charge in [0.1, 0.15) is 0 Å². The van der Waals surface area contributed by atoms with Crippen molar-refractivity contribution in [1.29, 1.82) is 0 Å². The van der Waals surface area contributed by atoms with E-state index < -0.39 is 11.9 Å². The van der Waals surface area contributed by atoms with Gasteiger partial charge in [-0.25, -0.2) is 9.59 Å². The van der Waals surface area contributed by atoms with Crippen LogP contribution in [0, 0.1) is 0 Å². The molecule has 0 bridgehead atoms. The summed E-state index contributed by atoms with van der Waals surface area (Å²) < 4.78 is 5.46. The van der Waals surface area contributed by atoms with Crippen molar-refractivity contribution in [2.24, 2.45) is 0 Å². The van der Waals surface area contributed by atoms with Crippen LogP contribution in [0.25, 0.3) is 0 Å². The van der Waals surface area contributed by atoms with E-state index in [-0.39, 0.29) is 5.41 Å². The molecule has 1 fully saturated rings. The monoisotopic (exact) mass is 440 g/mol. The highest BCUT2D eigenvalue weighted by atomic mass is 16.5. The molecule has 1 unspecified atom stereocenters. The molecule has 7 heteroatoms. The van der Waals surface area contributed by atoms with E-state index in [4.69, 9.17) is 24.5 Å². The van der Waals surface area contributed by atoms with Crippen LogP contribution >= 0.6 is 0 Å². The lowest BCUT2D eigenvalue weighted by atomic mass is 9.74. The Bertz CT molecular complexity index is 886. The van der Waals surface area contributed by atoms with Crippen molar-refractivity contribution in [2.45, 2.75) is 25.2 Å². The third-order valence-electron chi connectivity index (χ3n) is 6.34. The molecule has 2 aliphatic rings. The first-order valence-electron chi connectivity index (χ1n) is 11.1. The fourth-order valence-corrected chi connectivity index (χ4v) is 4.67. The number of morpholine rings is 1. The van der Waals surface area contributed by atoms with E-state index in [1.807, 2.05) is 0 Å². The van der Waals surface area contributed by atoms with Crippen molar-refractivity contribution in [3.8, 4) is 0 Å². The first-order valence-corrected chi connectivity index (χ1v) is 11.1. The fraction of sp³-hybridized carbons (Fsp3) is 0.440. The average Bonchev–Trinajstić information content (AvgIpc) is 3.16. The molecule has 2 aromatic rings. The van der Waals surface area contributed by atoms with E-state index in [9.17, 15) is 0 Å². The van der Waals surface area contributed by atoms with Gasteiger partial charge < -0.3 is 19.8 Å². The summed E-state index contributed by atoms with van der Waals surface area (Å²) in [5, 5.41) is 14.8. The Morgan fingerprint density at radius 2 is 1.56 bits per heavy atom. The van der Waals surface area contributed by atoms with Crippen LogP contribution in [0.2, 0.25) is 0 Å². The van der Waals surface area contributed by atoms with E-state index in [1.165, 1.54) is 29.8 Å². The molecule has 2 heterocycles. The molecule has 7 nitrogen and oxygen atoms in total. The molecule has 2 N–H and O–H groups in total. The highest BCUT2D eigenvalue weighted by Crippen LogP contribution is 2.47. The van der Waals surface area contributed by atoms with Gasteiger partial charge in [0.15, 0.2) is 0 Å². The number of anilines is 1. The smallest absolute Gasteiger partial charge is 0.414 e. The van der Waals surface area contributed by atoms with Gasteiger partial charge in [-0.15, -0.1) is 0 Å². The van der Waals surface area contributed by atoms with Crippen LogP contribution in [0.15, 0.2) is 54.6 Å². The number of rotatable bonds is 6. The van der Waals surface area contributed by atoms with Crippen LogP contribution in [-0.4, -0.2) is 73.0 Å². The largest absolute Gasteiger partial charge is 0.473 e. The Balaban J connectivity index is 0.000000427. The third kappa shape index (κ3) is 5.47. The van der Waals surface area contributed by atoms with Crippen LogP contribution in [0.5, 0.6) is 0 Å². The topological polar surface area (TPSA) is 90.3 Å². The van der Waals surface area contributed by atoms with Crippen LogP contribution in [0.4, 0.5) is 5.69 Å². The van der Waals surface area contributed by atoms with Crippen molar-refractivity contribution in [2.75, 3.05) is 50.8 Å². The molecule has 0 saturated carbocycles. The molecular formula is C25H32N2O5. The molecule has 0 spiro atoms. The Kier molecular flexibility index (Phi) is 8.25. The predicted molar refractivity (Wildman–Crippen MR) is 123 cm³/mol. The maximum atomic E-state index is 9.10. The number of hydrogen-bond donors (Lipinski definition) is 2. The number of carboxylic acids is 2. The number of fused-ring (bicyclic) bond motifs is 1. The highest BCUT2D eigenvalue weighted by Gasteiger charge is 2.42. The van der Waals surface area contributed by atoms with Gasteiger partial charge in [0.25, 0.3) is 0 Å². The van der Waals surface area contributed by atoms with E-state index in [2.05, 4.69) is 71.3 Å². The zero-order valence-corrected chi connectivity index (χ0v) is 18.6. The van der Waals surface area contributed by atoms with Gasteiger partial charge in [0.05, 0.1) is 13.2 Å². The van der Waals surface area contributed by atoms with Crippen molar-refractivity contribution in [3.05, 3.63) is 65.7 Å². The normalized spacial score (nSPS) is 20.2. The Labute approximate surface area is 189 Å². The third-order valence-corrected chi connectivity index (χ3v) is 6.34. The number of carboxylic acid groups (broad SMARTS) is 2. The van der Waals surface area contributed by atoms with Crippen molar-refractivity contribution < 1.29 is 24.5 Å². The van der Waals surface area contributed by atoms with Gasteiger partial charge >= 0.3 is 11.9 Å². The van der Waals surface area contributed by atoms with Crippen LogP contribution in [0.1, 0.15) is 30.9 Å². The Morgan fingerprint density at radius 3 is 2.19 bits per heavy atom. The molecule has 4 rings (SSSR count). The minimum Gasteiger partial charge on any atom is -0.473 e. The van der Waals surface area contributed by atoms with Crippen LogP contribution in [-0.2, 0) is 19.7 Å². The zero-order chi connectivity index (χ0) is 23.0. The second-order valence-electron chi connectivity index (χ2n) is 8.16. The van der Waals surface area contributed by atoms with E-state index in [0.717, 1.165) is 45.8 Å². The lowest BCUT2D eigenvalue weighted by Gasteiger charge is -2.31. The Hall–Kier alpha value is -2.90. The molecular weight excluding hydrogens is 408 g/mol. The second-order valence-corrected chi connectivity index (χ2v) is 8.16. The van der Waals surface area contributed by atoms with Crippen molar-refractivity contribution >= 4 is 17.6 Å². The van der Waals surface area contributed by atoms with Crippen LogP contribution in [0.3, 0.4) is 0 Å². The lowest BCUT2D eigenvalue weighted by molar-refractivity contribution is -0.159. The molecule has 0 aliphatic carbocycles. The minimum absolute atomic E-state index is 0.122. The van der Waals surface area contributed by atoms with Crippen molar-refractivity contribution in [3.63, 3.8) is 0 Å². The number of carbonyl (C=O) groups is 2. The standard InChI is InChI=1S/C23H30N2O.C2H2O4/c1-2-23(20-9-4-3-5-10-20)19-25(22-12-7-6-11-21(22)23)14-8-13-24-15-17-26-18-16-24;3-1(4)2(5)6/h3-7,9-12H,2,8,13-19H2,1H3;(H,3,4)(H,5,6).